The van der Waals surface area contributed by atoms with Crippen molar-refractivity contribution < 1.29 is 19.1 Å². The number of rotatable bonds is 8. The molecule has 4 nitrogen and oxygen atoms in total. The van der Waals surface area contributed by atoms with E-state index in [1.165, 1.54) is 0 Å². The first kappa shape index (κ1) is 27.3. The Morgan fingerprint density at radius 2 is 0.667 bits per heavy atom. The Morgan fingerprint density at radius 1 is 0.381 bits per heavy atom. The quantitative estimate of drug-likeness (QED) is 0.166. The molecule has 0 unspecified atom stereocenters. The Morgan fingerprint density at radius 3 is 1.00 bits per heavy atom. The third-order valence-corrected chi connectivity index (χ3v) is 7.20. The molecule has 0 atom stereocenters. The van der Waals surface area contributed by atoms with Crippen LogP contribution in [0.4, 0.5) is 0 Å². The molecule has 6 rings (SSSR count). The van der Waals surface area contributed by atoms with Crippen molar-refractivity contribution in [1.29, 1.82) is 0 Å². The lowest BCUT2D eigenvalue weighted by Gasteiger charge is -2.10. The highest BCUT2D eigenvalue weighted by atomic mass is 35.5. The molecule has 204 valence electrons. The van der Waals surface area contributed by atoms with E-state index < -0.39 is 0 Å². The van der Waals surface area contributed by atoms with Gasteiger partial charge in [0.25, 0.3) is 0 Å². The SMILES string of the molecule is O=C(c1ccc(Cl)cc1)c1ccc(Oc2ccc3cc(Oc4ccc(C(=O)c5ccc(Cl)cc5)cc4)ccc3c2)cc1. The van der Waals surface area contributed by atoms with Crippen molar-refractivity contribution in [2.45, 2.75) is 0 Å². The zero-order valence-corrected chi connectivity index (χ0v) is 23.6. The lowest BCUT2D eigenvalue weighted by molar-refractivity contribution is 0.103. The molecule has 0 fully saturated rings. The van der Waals surface area contributed by atoms with Gasteiger partial charge in [-0.25, -0.2) is 0 Å². The van der Waals surface area contributed by atoms with E-state index in [2.05, 4.69) is 0 Å². The highest BCUT2D eigenvalue weighted by Crippen LogP contribution is 2.30. The summed E-state index contributed by atoms with van der Waals surface area (Å²) in [6.45, 7) is 0. The van der Waals surface area contributed by atoms with Crippen LogP contribution in [0.15, 0.2) is 133 Å². The first-order chi connectivity index (χ1) is 20.4. The molecule has 42 heavy (non-hydrogen) atoms. The van der Waals surface area contributed by atoms with Crippen molar-refractivity contribution >= 4 is 45.5 Å². The van der Waals surface area contributed by atoms with E-state index in [1.807, 2.05) is 36.4 Å². The minimum Gasteiger partial charge on any atom is -0.457 e. The van der Waals surface area contributed by atoms with Crippen LogP contribution in [0, 0.1) is 0 Å². The number of hydrogen-bond donors (Lipinski definition) is 0. The summed E-state index contributed by atoms with van der Waals surface area (Å²) < 4.78 is 12.1. The molecule has 0 N–H and O–H groups in total. The topological polar surface area (TPSA) is 52.6 Å². The van der Waals surface area contributed by atoms with Gasteiger partial charge in [0, 0.05) is 32.3 Å². The van der Waals surface area contributed by atoms with Crippen molar-refractivity contribution in [3.63, 3.8) is 0 Å². The fraction of sp³-hybridized carbons (Fsp3) is 0. The summed E-state index contributed by atoms with van der Waals surface area (Å²) in [5.41, 5.74) is 2.29. The van der Waals surface area contributed by atoms with Gasteiger partial charge in [-0.3, -0.25) is 9.59 Å². The predicted molar refractivity (Wildman–Crippen MR) is 167 cm³/mol. The normalized spacial score (nSPS) is 10.8. The Balaban J connectivity index is 1.11. The first-order valence-corrected chi connectivity index (χ1v) is 13.9. The third-order valence-electron chi connectivity index (χ3n) is 6.70. The molecular weight excluding hydrogens is 567 g/mol. The van der Waals surface area contributed by atoms with Crippen LogP contribution in [-0.4, -0.2) is 11.6 Å². The van der Waals surface area contributed by atoms with E-state index in [9.17, 15) is 9.59 Å². The highest BCUT2D eigenvalue weighted by Gasteiger charge is 2.11. The molecule has 0 amide bonds. The number of fused-ring (bicyclic) bond motifs is 1. The van der Waals surface area contributed by atoms with Gasteiger partial charge >= 0.3 is 0 Å². The van der Waals surface area contributed by atoms with Gasteiger partial charge in [-0.15, -0.1) is 0 Å². The zero-order valence-electron chi connectivity index (χ0n) is 22.1. The Kier molecular flexibility index (Phi) is 7.74. The van der Waals surface area contributed by atoms with Gasteiger partial charge < -0.3 is 9.47 Å². The number of halogens is 2. The van der Waals surface area contributed by atoms with Crippen molar-refractivity contribution in [2.75, 3.05) is 0 Å². The monoisotopic (exact) mass is 588 g/mol. The molecule has 6 heteroatoms. The number of ether oxygens (including phenoxy) is 2. The van der Waals surface area contributed by atoms with Crippen molar-refractivity contribution in [1.82, 2.24) is 0 Å². The van der Waals surface area contributed by atoms with Crippen LogP contribution in [0.2, 0.25) is 10.0 Å². The molecule has 0 saturated heterocycles. The molecule has 0 aliphatic heterocycles. The summed E-state index contributed by atoms with van der Waals surface area (Å²) in [7, 11) is 0. The van der Waals surface area contributed by atoms with Gasteiger partial charge in [0.15, 0.2) is 11.6 Å². The molecule has 0 spiro atoms. The first-order valence-electron chi connectivity index (χ1n) is 13.1. The van der Waals surface area contributed by atoms with Crippen LogP contribution in [0.3, 0.4) is 0 Å². The average Bonchev–Trinajstić information content (AvgIpc) is 3.02. The molecule has 6 aromatic carbocycles. The number of carbonyl (C=O) groups is 2. The fourth-order valence-corrected chi connectivity index (χ4v) is 4.74. The van der Waals surface area contributed by atoms with E-state index >= 15 is 0 Å². The molecule has 6 aromatic rings. The van der Waals surface area contributed by atoms with Gasteiger partial charge in [0.2, 0.25) is 0 Å². The zero-order chi connectivity index (χ0) is 29.1. The smallest absolute Gasteiger partial charge is 0.193 e. The van der Waals surface area contributed by atoms with Gasteiger partial charge in [-0.2, -0.15) is 0 Å². The van der Waals surface area contributed by atoms with E-state index in [0.29, 0.717) is 55.3 Å². The van der Waals surface area contributed by atoms with Gasteiger partial charge in [0.05, 0.1) is 0 Å². The van der Waals surface area contributed by atoms with Gasteiger partial charge in [0.1, 0.15) is 23.0 Å². The fourth-order valence-electron chi connectivity index (χ4n) is 4.49. The van der Waals surface area contributed by atoms with Crippen LogP contribution < -0.4 is 9.47 Å². The minimum atomic E-state index is -0.0793. The number of hydrogen-bond acceptors (Lipinski definition) is 4. The summed E-state index contributed by atoms with van der Waals surface area (Å²) >= 11 is 11.8. The number of ketones is 2. The number of carbonyl (C=O) groups excluding carboxylic acids is 2. The molecule has 0 radical (unpaired) electrons. The van der Waals surface area contributed by atoms with Crippen LogP contribution in [-0.2, 0) is 0 Å². The lowest BCUT2D eigenvalue weighted by Crippen LogP contribution is -2.00. The second kappa shape index (κ2) is 11.9. The van der Waals surface area contributed by atoms with Crippen LogP contribution >= 0.6 is 23.2 Å². The summed E-state index contributed by atoms with van der Waals surface area (Å²) in [6.07, 6.45) is 0. The van der Waals surface area contributed by atoms with Gasteiger partial charge in [-0.05, 0) is 132 Å². The van der Waals surface area contributed by atoms with E-state index in [0.717, 1.165) is 10.8 Å². The Bertz CT molecular complexity index is 1750. The molecule has 0 saturated carbocycles. The van der Waals surface area contributed by atoms with Crippen LogP contribution in [0.5, 0.6) is 23.0 Å². The van der Waals surface area contributed by atoms with Crippen LogP contribution in [0.1, 0.15) is 31.8 Å². The Hall–Kier alpha value is -4.90. The van der Waals surface area contributed by atoms with Crippen molar-refractivity contribution in [2.24, 2.45) is 0 Å². The lowest BCUT2D eigenvalue weighted by atomic mass is 10.0. The summed E-state index contributed by atoms with van der Waals surface area (Å²) in [4.78, 5) is 25.4. The van der Waals surface area contributed by atoms with Crippen LogP contribution in [0.25, 0.3) is 10.8 Å². The molecular formula is C36H22Cl2O4. The maximum absolute atomic E-state index is 12.7. The minimum absolute atomic E-state index is 0.0793. The van der Waals surface area contributed by atoms with Gasteiger partial charge in [-0.1, -0.05) is 35.3 Å². The summed E-state index contributed by atoms with van der Waals surface area (Å²) in [6, 6.07) is 39.3. The largest absolute Gasteiger partial charge is 0.457 e. The number of benzene rings is 6. The third kappa shape index (κ3) is 6.21. The van der Waals surface area contributed by atoms with E-state index in [1.54, 1.807) is 97.1 Å². The average molecular weight is 589 g/mol. The van der Waals surface area contributed by atoms with E-state index in [-0.39, 0.29) is 11.6 Å². The van der Waals surface area contributed by atoms with Crippen molar-refractivity contribution in [3.8, 4) is 23.0 Å². The van der Waals surface area contributed by atoms with E-state index in [4.69, 9.17) is 32.7 Å². The second-order valence-electron chi connectivity index (χ2n) is 9.60. The maximum Gasteiger partial charge on any atom is 0.193 e. The maximum atomic E-state index is 12.7. The molecule has 0 bridgehead atoms. The summed E-state index contributed by atoms with van der Waals surface area (Å²) in [5.74, 6) is 2.44. The van der Waals surface area contributed by atoms with Crippen molar-refractivity contribution in [3.05, 3.63) is 166 Å². The predicted octanol–water partition coefficient (Wildman–Crippen LogP) is 10.2. The molecule has 0 heterocycles. The highest BCUT2D eigenvalue weighted by molar-refractivity contribution is 6.31. The molecule has 0 aliphatic rings. The standard InChI is InChI=1S/C36H22Cl2O4/c37-29-11-1-23(2-12-29)35(39)25-5-15-31(16-6-25)41-33-19-9-28-22-34(20-10-27(28)21-33)42-32-17-7-26(8-18-32)36(40)24-3-13-30(38)14-4-24/h1-22H. The molecule has 0 aliphatic carbocycles. The molecule has 0 aromatic heterocycles. The second-order valence-corrected chi connectivity index (χ2v) is 10.5. The summed E-state index contributed by atoms with van der Waals surface area (Å²) in [5, 5.41) is 3.14. The Labute approximate surface area is 252 Å².